The lowest BCUT2D eigenvalue weighted by Gasteiger charge is -2.10. The molecule has 0 aliphatic heterocycles. The van der Waals surface area contributed by atoms with Gasteiger partial charge in [-0.2, -0.15) is 31.4 Å². The van der Waals surface area contributed by atoms with Gasteiger partial charge in [-0.15, -0.1) is 0 Å². The SMILES string of the molecule is COC(=O)c1cc(-c2cc(-c3c(C(F)(F)F)c(C(F)(F)F)nn3C)on2)ccc1Cl. The number of carbonyl (C=O) groups excluding carboxylic acids is 1. The topological polar surface area (TPSA) is 70.2 Å². The smallest absolute Gasteiger partial charge is 0.435 e. The molecule has 0 unspecified atom stereocenters. The highest BCUT2D eigenvalue weighted by molar-refractivity contribution is 6.33. The quantitative estimate of drug-likeness (QED) is 0.402. The van der Waals surface area contributed by atoms with E-state index in [1.54, 1.807) is 0 Å². The number of rotatable bonds is 3. The normalized spacial score (nSPS) is 12.3. The van der Waals surface area contributed by atoms with Crippen molar-refractivity contribution in [2.75, 3.05) is 7.11 Å². The number of aromatic nitrogens is 3. The van der Waals surface area contributed by atoms with E-state index in [0.29, 0.717) is 4.68 Å². The first-order chi connectivity index (χ1) is 13.8. The molecule has 0 N–H and O–H groups in total. The molecule has 0 aliphatic carbocycles. The monoisotopic (exact) mass is 453 g/mol. The summed E-state index contributed by atoms with van der Waals surface area (Å²) in [5, 5.41) is 6.62. The van der Waals surface area contributed by atoms with Crippen LogP contribution in [0.4, 0.5) is 26.3 Å². The second-order valence-corrected chi connectivity index (χ2v) is 6.36. The standard InChI is InChI=1S/C17H10ClF6N3O3/c1-27-13(12(16(19,20)21)14(25-27)17(22,23)24)11-6-10(26-30-11)7-3-4-9(18)8(5-7)15(28)29-2/h3-6H,1-2H3. The van der Waals surface area contributed by atoms with Gasteiger partial charge in [0.1, 0.15) is 17.0 Å². The van der Waals surface area contributed by atoms with Crippen LogP contribution in [-0.2, 0) is 24.1 Å². The number of methoxy groups -OCH3 is 1. The molecule has 30 heavy (non-hydrogen) atoms. The first-order valence-corrected chi connectivity index (χ1v) is 8.29. The van der Waals surface area contributed by atoms with Crippen LogP contribution in [0.2, 0.25) is 5.02 Å². The molecule has 3 rings (SSSR count). The Morgan fingerprint density at radius 1 is 1.13 bits per heavy atom. The van der Waals surface area contributed by atoms with Gasteiger partial charge >= 0.3 is 18.3 Å². The lowest BCUT2D eigenvalue weighted by molar-refractivity contribution is -0.163. The molecule has 0 saturated carbocycles. The predicted molar refractivity (Wildman–Crippen MR) is 90.5 cm³/mol. The minimum atomic E-state index is -5.36. The van der Waals surface area contributed by atoms with Crippen molar-refractivity contribution in [3.63, 3.8) is 0 Å². The summed E-state index contributed by atoms with van der Waals surface area (Å²) >= 11 is 5.91. The van der Waals surface area contributed by atoms with E-state index in [1.165, 1.54) is 18.2 Å². The molecule has 3 aromatic rings. The minimum Gasteiger partial charge on any atom is -0.465 e. The van der Waals surface area contributed by atoms with E-state index in [4.69, 9.17) is 16.1 Å². The molecule has 0 spiro atoms. The number of ether oxygens (including phenoxy) is 1. The van der Waals surface area contributed by atoms with Crippen molar-refractivity contribution in [3.05, 3.63) is 46.1 Å². The molecule has 160 valence electrons. The second-order valence-electron chi connectivity index (χ2n) is 5.95. The average molecular weight is 454 g/mol. The van der Waals surface area contributed by atoms with Gasteiger partial charge in [-0.3, -0.25) is 4.68 Å². The van der Waals surface area contributed by atoms with Crippen LogP contribution in [0.5, 0.6) is 0 Å². The van der Waals surface area contributed by atoms with Crippen LogP contribution in [-0.4, -0.2) is 28.0 Å². The third kappa shape index (κ3) is 3.86. The number of hydrogen-bond acceptors (Lipinski definition) is 5. The van der Waals surface area contributed by atoms with Gasteiger partial charge in [0.05, 0.1) is 17.7 Å². The first-order valence-electron chi connectivity index (χ1n) is 7.91. The van der Waals surface area contributed by atoms with E-state index >= 15 is 0 Å². The summed E-state index contributed by atoms with van der Waals surface area (Å²) in [6.45, 7) is 0. The molecule has 1 aromatic carbocycles. The van der Waals surface area contributed by atoms with Crippen molar-refractivity contribution in [1.29, 1.82) is 0 Å². The van der Waals surface area contributed by atoms with E-state index in [1.807, 2.05) is 0 Å². The van der Waals surface area contributed by atoms with Gasteiger partial charge < -0.3 is 9.26 Å². The van der Waals surface area contributed by atoms with Crippen LogP contribution in [0.15, 0.2) is 28.8 Å². The lowest BCUT2D eigenvalue weighted by Crippen LogP contribution is -2.16. The molecule has 0 saturated heterocycles. The molecule has 0 amide bonds. The highest BCUT2D eigenvalue weighted by Crippen LogP contribution is 2.45. The van der Waals surface area contributed by atoms with Gasteiger partial charge in [0.2, 0.25) is 0 Å². The summed E-state index contributed by atoms with van der Waals surface area (Å²) < 4.78 is 89.3. The summed E-state index contributed by atoms with van der Waals surface area (Å²) in [5.41, 5.74) is -4.92. The Labute approximate surface area is 169 Å². The third-order valence-corrected chi connectivity index (χ3v) is 4.34. The van der Waals surface area contributed by atoms with Crippen molar-refractivity contribution in [3.8, 4) is 22.7 Å². The van der Waals surface area contributed by atoms with Crippen LogP contribution in [0, 0.1) is 0 Å². The number of halogens is 7. The van der Waals surface area contributed by atoms with E-state index in [2.05, 4.69) is 15.0 Å². The molecule has 13 heteroatoms. The maximum Gasteiger partial charge on any atom is 0.435 e. The molecular weight excluding hydrogens is 444 g/mol. The highest BCUT2D eigenvalue weighted by atomic mass is 35.5. The Balaban J connectivity index is 2.14. The molecule has 0 bridgehead atoms. The van der Waals surface area contributed by atoms with Gasteiger partial charge in [0.25, 0.3) is 0 Å². The molecule has 2 heterocycles. The molecule has 2 aromatic heterocycles. The van der Waals surface area contributed by atoms with Crippen molar-refractivity contribution < 1.29 is 40.4 Å². The summed E-state index contributed by atoms with van der Waals surface area (Å²) in [7, 11) is 2.04. The number of alkyl halides is 6. The summed E-state index contributed by atoms with van der Waals surface area (Å²) in [5.74, 6) is -1.37. The Morgan fingerprint density at radius 2 is 1.80 bits per heavy atom. The number of benzene rings is 1. The number of nitrogens with zero attached hydrogens (tertiary/aromatic N) is 3. The van der Waals surface area contributed by atoms with Gasteiger partial charge in [-0.1, -0.05) is 22.8 Å². The molecule has 0 radical (unpaired) electrons. The maximum absolute atomic E-state index is 13.4. The number of esters is 1. The zero-order valence-corrected chi connectivity index (χ0v) is 15.8. The van der Waals surface area contributed by atoms with Gasteiger partial charge in [-0.25, -0.2) is 4.79 Å². The predicted octanol–water partition coefficient (Wildman–Crippen LogP) is 5.22. The first kappa shape index (κ1) is 21.7. The second kappa shape index (κ2) is 7.35. The Bertz CT molecular complexity index is 1120. The molecule has 0 fully saturated rings. The molecule has 6 nitrogen and oxygen atoms in total. The fourth-order valence-corrected chi connectivity index (χ4v) is 2.94. The van der Waals surface area contributed by atoms with Gasteiger partial charge in [0, 0.05) is 18.7 Å². The molecule has 0 atom stereocenters. The van der Waals surface area contributed by atoms with Crippen LogP contribution < -0.4 is 0 Å². The van der Waals surface area contributed by atoms with E-state index in [-0.39, 0.29) is 21.8 Å². The summed E-state index contributed by atoms with van der Waals surface area (Å²) in [6.07, 6.45) is -10.7. The Hall–Kier alpha value is -3.02. The van der Waals surface area contributed by atoms with Crippen molar-refractivity contribution in [1.82, 2.24) is 14.9 Å². The van der Waals surface area contributed by atoms with Gasteiger partial charge in [-0.05, 0) is 12.1 Å². The van der Waals surface area contributed by atoms with Crippen molar-refractivity contribution >= 4 is 17.6 Å². The minimum absolute atomic E-state index is 0.0444. The Kier molecular flexibility index (Phi) is 5.31. The van der Waals surface area contributed by atoms with Crippen LogP contribution in [0.25, 0.3) is 22.7 Å². The molecule has 0 aliphatic rings. The van der Waals surface area contributed by atoms with Crippen LogP contribution >= 0.6 is 11.6 Å². The average Bonchev–Trinajstić information content (AvgIpc) is 3.25. The Morgan fingerprint density at radius 3 is 2.37 bits per heavy atom. The third-order valence-electron chi connectivity index (χ3n) is 4.01. The summed E-state index contributed by atoms with van der Waals surface area (Å²) in [6, 6.07) is 4.97. The van der Waals surface area contributed by atoms with Gasteiger partial charge in [0.15, 0.2) is 11.5 Å². The van der Waals surface area contributed by atoms with E-state index < -0.39 is 41.0 Å². The fraction of sp³-hybridized carbons (Fsp3) is 0.235. The maximum atomic E-state index is 13.4. The zero-order valence-electron chi connectivity index (χ0n) is 15.0. The van der Waals surface area contributed by atoms with Crippen LogP contribution in [0.1, 0.15) is 21.6 Å². The lowest BCUT2D eigenvalue weighted by atomic mass is 10.1. The molecular formula is C17H10ClF6N3O3. The summed E-state index contributed by atoms with van der Waals surface area (Å²) in [4.78, 5) is 11.7. The zero-order chi connectivity index (χ0) is 22.4. The number of hydrogen-bond donors (Lipinski definition) is 0. The highest BCUT2D eigenvalue weighted by Gasteiger charge is 2.49. The fourth-order valence-electron chi connectivity index (χ4n) is 2.75. The van der Waals surface area contributed by atoms with E-state index in [9.17, 15) is 31.1 Å². The van der Waals surface area contributed by atoms with Crippen LogP contribution in [0.3, 0.4) is 0 Å². The number of carbonyl (C=O) groups is 1. The largest absolute Gasteiger partial charge is 0.465 e. The van der Waals surface area contributed by atoms with Crippen molar-refractivity contribution in [2.45, 2.75) is 12.4 Å². The van der Waals surface area contributed by atoms with Crippen molar-refractivity contribution in [2.24, 2.45) is 7.05 Å². The number of aryl methyl sites for hydroxylation is 1. The van der Waals surface area contributed by atoms with E-state index in [0.717, 1.165) is 20.2 Å².